The number of hydrogen-bond donors (Lipinski definition) is 1. The molecule has 0 saturated heterocycles. The van der Waals surface area contributed by atoms with E-state index >= 15 is 0 Å². The number of nitrogens with zero attached hydrogens (tertiary/aromatic N) is 2. The Morgan fingerprint density at radius 1 is 1.31 bits per heavy atom. The summed E-state index contributed by atoms with van der Waals surface area (Å²) in [5.41, 5.74) is 0. The Kier molecular flexibility index (Phi) is 2.94. The molecule has 1 aliphatic rings. The quantitative estimate of drug-likeness (QED) is 0.871. The molecule has 88 valence electrons. The van der Waals surface area contributed by atoms with Gasteiger partial charge in [-0.15, -0.1) is 10.2 Å². The molecule has 1 N–H and O–H groups in total. The Hall–Kier alpha value is -1.02. The molecule has 0 radical (unpaired) electrons. The summed E-state index contributed by atoms with van der Waals surface area (Å²) in [6, 6.07) is 0. The Bertz CT molecular complexity index is 502. The van der Waals surface area contributed by atoms with Crippen molar-refractivity contribution < 1.29 is 18.3 Å². The van der Waals surface area contributed by atoms with E-state index in [1.54, 1.807) is 0 Å². The molecule has 0 spiro atoms. The highest BCUT2D eigenvalue weighted by Crippen LogP contribution is 2.30. The van der Waals surface area contributed by atoms with Crippen molar-refractivity contribution in [3.05, 3.63) is 5.01 Å². The number of carboxylic acid groups (broad SMARTS) is 1. The fourth-order valence-corrected chi connectivity index (χ4v) is 4.67. The lowest BCUT2D eigenvalue weighted by Crippen LogP contribution is -2.17. The maximum absolute atomic E-state index is 12.0. The molecule has 1 aliphatic carbocycles. The molecule has 16 heavy (non-hydrogen) atoms. The zero-order valence-electron chi connectivity index (χ0n) is 8.29. The average molecular weight is 262 g/mol. The first-order chi connectivity index (χ1) is 7.51. The van der Waals surface area contributed by atoms with Crippen molar-refractivity contribution in [3.63, 3.8) is 0 Å². The van der Waals surface area contributed by atoms with Crippen LogP contribution in [0.3, 0.4) is 0 Å². The van der Waals surface area contributed by atoms with Gasteiger partial charge in [-0.25, -0.2) is 13.2 Å². The molecule has 1 saturated carbocycles. The molecule has 0 bridgehead atoms. The zero-order chi connectivity index (χ0) is 11.8. The molecule has 1 aromatic rings. The van der Waals surface area contributed by atoms with Crippen LogP contribution in [0.2, 0.25) is 0 Å². The minimum Gasteiger partial charge on any atom is -0.476 e. The number of hydrogen-bond acceptors (Lipinski definition) is 6. The third-order valence-corrected chi connectivity index (χ3v) is 6.14. The minimum atomic E-state index is -3.47. The van der Waals surface area contributed by atoms with Crippen LogP contribution in [-0.2, 0) is 9.84 Å². The molecule has 6 nitrogen and oxygen atoms in total. The van der Waals surface area contributed by atoms with Gasteiger partial charge in [-0.05, 0) is 12.8 Å². The molecule has 1 aromatic heterocycles. The van der Waals surface area contributed by atoms with Crippen molar-refractivity contribution in [3.8, 4) is 0 Å². The van der Waals surface area contributed by atoms with Crippen LogP contribution >= 0.6 is 11.3 Å². The predicted octanol–water partition coefficient (Wildman–Crippen LogP) is 0.953. The van der Waals surface area contributed by atoms with Crippen molar-refractivity contribution in [1.29, 1.82) is 0 Å². The fraction of sp³-hybridized carbons (Fsp3) is 0.625. The van der Waals surface area contributed by atoms with Crippen LogP contribution in [-0.4, -0.2) is 34.9 Å². The number of carboxylic acids is 1. The van der Waals surface area contributed by atoms with Gasteiger partial charge >= 0.3 is 5.97 Å². The molecule has 1 heterocycles. The summed E-state index contributed by atoms with van der Waals surface area (Å²) in [6.07, 6.45) is 3.05. The van der Waals surface area contributed by atoms with Crippen LogP contribution in [0.5, 0.6) is 0 Å². The van der Waals surface area contributed by atoms with Crippen molar-refractivity contribution in [2.75, 3.05) is 0 Å². The van der Waals surface area contributed by atoms with Gasteiger partial charge in [0.15, 0.2) is 0 Å². The average Bonchev–Trinajstić information content (AvgIpc) is 2.90. The molecule has 2 rings (SSSR count). The van der Waals surface area contributed by atoms with Gasteiger partial charge in [-0.1, -0.05) is 24.2 Å². The largest absolute Gasteiger partial charge is 0.476 e. The highest BCUT2D eigenvalue weighted by Gasteiger charge is 2.33. The maximum atomic E-state index is 12.0. The van der Waals surface area contributed by atoms with Gasteiger partial charge in [0, 0.05) is 0 Å². The molecule has 0 aromatic carbocycles. The lowest BCUT2D eigenvalue weighted by atomic mass is 10.4. The van der Waals surface area contributed by atoms with E-state index in [1.807, 2.05) is 0 Å². The third-order valence-electron chi connectivity index (χ3n) is 2.57. The second-order valence-electron chi connectivity index (χ2n) is 3.63. The van der Waals surface area contributed by atoms with Gasteiger partial charge in [0.2, 0.25) is 19.2 Å². The zero-order valence-corrected chi connectivity index (χ0v) is 9.92. The topological polar surface area (TPSA) is 97.2 Å². The van der Waals surface area contributed by atoms with Gasteiger partial charge in [-0.2, -0.15) is 0 Å². The van der Waals surface area contributed by atoms with Gasteiger partial charge in [0.1, 0.15) is 0 Å². The van der Waals surface area contributed by atoms with Crippen molar-refractivity contribution in [1.82, 2.24) is 10.2 Å². The van der Waals surface area contributed by atoms with Gasteiger partial charge in [0.25, 0.3) is 0 Å². The smallest absolute Gasteiger partial charge is 0.367 e. The third kappa shape index (κ3) is 1.94. The van der Waals surface area contributed by atoms with E-state index < -0.39 is 21.1 Å². The van der Waals surface area contributed by atoms with Crippen molar-refractivity contribution in [2.24, 2.45) is 0 Å². The number of aromatic nitrogens is 2. The highest BCUT2D eigenvalue weighted by molar-refractivity contribution is 7.93. The van der Waals surface area contributed by atoms with E-state index in [1.165, 1.54) is 0 Å². The predicted molar refractivity (Wildman–Crippen MR) is 56.3 cm³/mol. The van der Waals surface area contributed by atoms with Gasteiger partial charge < -0.3 is 5.11 Å². The van der Waals surface area contributed by atoms with E-state index in [9.17, 15) is 13.2 Å². The van der Waals surface area contributed by atoms with Crippen molar-refractivity contribution >= 4 is 27.1 Å². The minimum absolute atomic E-state index is 0.170. The van der Waals surface area contributed by atoms with E-state index in [4.69, 9.17) is 5.11 Å². The first-order valence-corrected chi connectivity index (χ1v) is 7.19. The second kappa shape index (κ2) is 4.10. The molecule has 0 amide bonds. The first kappa shape index (κ1) is 11.5. The number of rotatable bonds is 3. The van der Waals surface area contributed by atoms with E-state index in [0.717, 1.165) is 12.8 Å². The van der Waals surface area contributed by atoms with Gasteiger partial charge in [0.05, 0.1) is 5.25 Å². The van der Waals surface area contributed by atoms with Crippen LogP contribution in [0, 0.1) is 0 Å². The molecular formula is C8H10N2O4S2. The lowest BCUT2D eigenvalue weighted by Gasteiger charge is -2.06. The summed E-state index contributed by atoms with van der Waals surface area (Å²) in [6.45, 7) is 0. The van der Waals surface area contributed by atoms with E-state index in [2.05, 4.69) is 10.2 Å². The van der Waals surface area contributed by atoms with Gasteiger partial charge in [-0.3, -0.25) is 0 Å². The van der Waals surface area contributed by atoms with Crippen LogP contribution in [0.25, 0.3) is 0 Å². The first-order valence-electron chi connectivity index (χ1n) is 4.82. The lowest BCUT2D eigenvalue weighted by molar-refractivity contribution is 0.0695. The van der Waals surface area contributed by atoms with Crippen LogP contribution in [0.1, 0.15) is 35.5 Å². The highest BCUT2D eigenvalue weighted by atomic mass is 32.2. The summed E-state index contributed by atoms with van der Waals surface area (Å²) < 4.78 is 23.8. The normalized spacial score (nSPS) is 17.8. The van der Waals surface area contributed by atoms with Crippen LogP contribution < -0.4 is 0 Å². The summed E-state index contributed by atoms with van der Waals surface area (Å²) >= 11 is 0.625. The molecule has 0 atom stereocenters. The van der Waals surface area contributed by atoms with E-state index in [0.29, 0.717) is 24.2 Å². The standard InChI is InChI=1S/C8H10N2O4S2/c11-7(12)6-9-10-8(15-6)16(13,14)5-3-1-2-4-5/h5H,1-4H2,(H,11,12). The number of sulfone groups is 1. The molecule has 0 aliphatic heterocycles. The summed E-state index contributed by atoms with van der Waals surface area (Å²) in [5.74, 6) is -1.25. The monoisotopic (exact) mass is 262 g/mol. The molecule has 1 fully saturated rings. The maximum Gasteiger partial charge on any atom is 0.367 e. The molecule has 8 heteroatoms. The summed E-state index contributed by atoms with van der Waals surface area (Å²) in [7, 11) is -3.47. The summed E-state index contributed by atoms with van der Waals surface area (Å²) in [5, 5.41) is 14.7. The van der Waals surface area contributed by atoms with Crippen LogP contribution in [0.15, 0.2) is 4.34 Å². The van der Waals surface area contributed by atoms with Crippen LogP contribution in [0.4, 0.5) is 0 Å². The SMILES string of the molecule is O=C(O)c1nnc(S(=O)(=O)C2CCCC2)s1. The summed E-state index contributed by atoms with van der Waals surface area (Å²) in [4.78, 5) is 10.6. The number of aromatic carboxylic acids is 1. The molecular weight excluding hydrogens is 252 g/mol. The Labute approximate surface area is 96.2 Å². The molecule has 0 unspecified atom stereocenters. The van der Waals surface area contributed by atoms with E-state index in [-0.39, 0.29) is 9.35 Å². The number of carbonyl (C=O) groups is 1. The Balaban J connectivity index is 2.31. The Morgan fingerprint density at radius 3 is 2.44 bits per heavy atom. The fourth-order valence-electron chi connectivity index (χ4n) is 1.75. The Morgan fingerprint density at radius 2 is 1.94 bits per heavy atom. The van der Waals surface area contributed by atoms with Crippen molar-refractivity contribution in [2.45, 2.75) is 35.3 Å². The second-order valence-corrected chi connectivity index (χ2v) is 7.01.